The minimum absolute atomic E-state index is 0.0895. The molecule has 4 heteroatoms. The van der Waals surface area contributed by atoms with Gasteiger partial charge in [-0.25, -0.2) is 17.6 Å². The zero-order valence-corrected chi connectivity index (χ0v) is 13.5. The Balaban J connectivity index is 1.74. The van der Waals surface area contributed by atoms with Crippen molar-refractivity contribution < 1.29 is 17.6 Å². The first kappa shape index (κ1) is 16.8. The molecule has 5 atom stereocenters. The fourth-order valence-corrected chi connectivity index (χ4v) is 4.79. The minimum atomic E-state index is -1.45. The van der Waals surface area contributed by atoms with Crippen LogP contribution in [-0.2, 0) is 0 Å². The number of hydrogen-bond acceptors (Lipinski definition) is 0. The van der Waals surface area contributed by atoms with Crippen molar-refractivity contribution in [2.45, 2.75) is 64.0 Å². The molecule has 3 rings (SSSR count). The molecular formula is C19H24F4. The van der Waals surface area contributed by atoms with Crippen LogP contribution in [0.3, 0.4) is 0 Å². The summed E-state index contributed by atoms with van der Waals surface area (Å²) >= 11 is 0. The van der Waals surface area contributed by atoms with Gasteiger partial charge in [0, 0.05) is 0 Å². The monoisotopic (exact) mass is 328 g/mol. The van der Waals surface area contributed by atoms with Gasteiger partial charge in [-0.2, -0.15) is 0 Å². The van der Waals surface area contributed by atoms with Gasteiger partial charge in [0.15, 0.2) is 17.5 Å². The molecular weight excluding hydrogens is 304 g/mol. The Bertz CT molecular complexity index is 533. The van der Waals surface area contributed by atoms with Crippen LogP contribution in [-0.4, -0.2) is 6.17 Å². The summed E-state index contributed by atoms with van der Waals surface area (Å²) in [6.45, 7) is 2.16. The van der Waals surface area contributed by atoms with Crippen LogP contribution >= 0.6 is 0 Å². The van der Waals surface area contributed by atoms with Crippen LogP contribution < -0.4 is 0 Å². The van der Waals surface area contributed by atoms with Crippen LogP contribution in [0.5, 0.6) is 0 Å². The summed E-state index contributed by atoms with van der Waals surface area (Å²) in [6.07, 6.45) is 5.32. The van der Waals surface area contributed by atoms with E-state index in [4.69, 9.17) is 0 Å². The van der Waals surface area contributed by atoms with E-state index in [-0.39, 0.29) is 11.8 Å². The summed E-state index contributed by atoms with van der Waals surface area (Å²) in [7, 11) is 0. The van der Waals surface area contributed by atoms with E-state index in [1.165, 1.54) is 0 Å². The van der Waals surface area contributed by atoms with Gasteiger partial charge in [-0.15, -0.1) is 0 Å². The average molecular weight is 328 g/mol. The number of hydrogen-bond donors (Lipinski definition) is 0. The number of rotatable bonds is 3. The van der Waals surface area contributed by atoms with Crippen molar-refractivity contribution in [1.29, 1.82) is 0 Å². The summed E-state index contributed by atoms with van der Waals surface area (Å²) < 4.78 is 54.8. The molecule has 0 N–H and O–H groups in total. The predicted octanol–water partition coefficient (Wildman–Crippen LogP) is 6.15. The van der Waals surface area contributed by atoms with Crippen molar-refractivity contribution in [3.63, 3.8) is 0 Å². The topological polar surface area (TPSA) is 0 Å². The molecule has 0 amide bonds. The highest BCUT2D eigenvalue weighted by atomic mass is 19.2. The summed E-state index contributed by atoms with van der Waals surface area (Å²) in [4.78, 5) is 0. The third kappa shape index (κ3) is 3.41. The van der Waals surface area contributed by atoms with Gasteiger partial charge < -0.3 is 0 Å². The lowest BCUT2D eigenvalue weighted by atomic mass is 9.88. The van der Waals surface area contributed by atoms with Crippen LogP contribution in [0, 0.1) is 35.2 Å². The summed E-state index contributed by atoms with van der Waals surface area (Å²) in [5.41, 5.74) is 0.397. The molecule has 128 valence electrons. The quantitative estimate of drug-likeness (QED) is 0.461. The highest BCUT2D eigenvalue weighted by Gasteiger charge is 2.41. The van der Waals surface area contributed by atoms with Crippen LogP contribution in [0.15, 0.2) is 12.1 Å². The molecule has 0 heterocycles. The predicted molar refractivity (Wildman–Crippen MR) is 82.4 cm³/mol. The molecule has 5 unspecified atom stereocenters. The molecule has 0 aromatic heterocycles. The molecule has 0 bridgehead atoms. The van der Waals surface area contributed by atoms with Crippen molar-refractivity contribution in [3.8, 4) is 0 Å². The normalized spacial score (nSPS) is 34.2. The summed E-state index contributed by atoms with van der Waals surface area (Å²) in [5, 5.41) is 0. The van der Waals surface area contributed by atoms with Crippen molar-refractivity contribution in [3.05, 3.63) is 35.1 Å². The largest absolute Gasteiger partial charge is 0.247 e. The maximum absolute atomic E-state index is 14.8. The van der Waals surface area contributed by atoms with Gasteiger partial charge in [0.2, 0.25) is 0 Å². The van der Waals surface area contributed by atoms with E-state index < -0.39 is 23.6 Å². The Labute approximate surface area is 135 Å². The molecule has 1 aromatic rings. The van der Waals surface area contributed by atoms with E-state index in [1.54, 1.807) is 0 Å². The smallest absolute Gasteiger partial charge is 0.194 e. The third-order valence-corrected chi connectivity index (χ3v) is 5.88. The van der Waals surface area contributed by atoms with E-state index in [9.17, 15) is 17.6 Å². The van der Waals surface area contributed by atoms with Crippen LogP contribution in [0.4, 0.5) is 17.6 Å². The second-order valence-corrected chi connectivity index (χ2v) is 7.37. The Kier molecular flexibility index (Phi) is 4.98. The lowest BCUT2D eigenvalue weighted by molar-refractivity contribution is 0.182. The molecule has 2 aliphatic rings. The SMILES string of the molecule is CCCC1CC2CCC(c3cc(F)c(F)c(F)c3)CC(F)C2C1. The Morgan fingerprint density at radius 2 is 1.70 bits per heavy atom. The molecule has 2 aliphatic carbocycles. The zero-order valence-electron chi connectivity index (χ0n) is 13.5. The molecule has 23 heavy (non-hydrogen) atoms. The van der Waals surface area contributed by atoms with Crippen LogP contribution in [0.1, 0.15) is 63.4 Å². The summed E-state index contributed by atoms with van der Waals surface area (Å²) in [5.74, 6) is -2.91. The molecule has 0 saturated heterocycles. The van der Waals surface area contributed by atoms with Crippen molar-refractivity contribution in [2.24, 2.45) is 17.8 Å². The zero-order chi connectivity index (χ0) is 16.6. The van der Waals surface area contributed by atoms with Crippen LogP contribution in [0.25, 0.3) is 0 Å². The Morgan fingerprint density at radius 3 is 2.35 bits per heavy atom. The first-order valence-electron chi connectivity index (χ1n) is 8.78. The molecule has 0 nitrogen and oxygen atoms in total. The van der Waals surface area contributed by atoms with Gasteiger partial charge in [0.05, 0.1) is 0 Å². The van der Waals surface area contributed by atoms with Crippen molar-refractivity contribution in [2.75, 3.05) is 0 Å². The maximum atomic E-state index is 14.8. The average Bonchev–Trinajstić information content (AvgIpc) is 2.85. The second kappa shape index (κ2) is 6.82. The van der Waals surface area contributed by atoms with E-state index in [0.717, 1.165) is 50.7 Å². The lowest BCUT2D eigenvalue weighted by Gasteiger charge is -2.20. The Hall–Kier alpha value is -1.06. The Morgan fingerprint density at radius 1 is 1.00 bits per heavy atom. The molecule has 2 fully saturated rings. The fraction of sp³-hybridized carbons (Fsp3) is 0.684. The molecule has 0 aliphatic heterocycles. The van der Waals surface area contributed by atoms with E-state index >= 15 is 0 Å². The van der Waals surface area contributed by atoms with Gasteiger partial charge >= 0.3 is 0 Å². The highest BCUT2D eigenvalue weighted by molar-refractivity contribution is 5.24. The highest BCUT2D eigenvalue weighted by Crippen LogP contribution is 2.49. The lowest BCUT2D eigenvalue weighted by Crippen LogP contribution is -2.18. The number of alkyl halides is 1. The van der Waals surface area contributed by atoms with E-state index in [1.807, 2.05) is 0 Å². The second-order valence-electron chi connectivity index (χ2n) is 7.37. The molecule has 0 spiro atoms. The number of benzene rings is 1. The minimum Gasteiger partial charge on any atom is -0.247 e. The van der Waals surface area contributed by atoms with Crippen LogP contribution in [0.2, 0.25) is 0 Å². The first-order chi connectivity index (χ1) is 11.0. The maximum Gasteiger partial charge on any atom is 0.194 e. The van der Waals surface area contributed by atoms with E-state index in [2.05, 4.69) is 6.92 Å². The van der Waals surface area contributed by atoms with Gasteiger partial charge in [0.25, 0.3) is 0 Å². The third-order valence-electron chi connectivity index (χ3n) is 5.88. The van der Waals surface area contributed by atoms with E-state index in [0.29, 0.717) is 23.8 Å². The molecule has 2 saturated carbocycles. The number of fused-ring (bicyclic) bond motifs is 1. The molecule has 0 radical (unpaired) electrons. The fourth-order valence-electron chi connectivity index (χ4n) is 4.79. The van der Waals surface area contributed by atoms with Crippen molar-refractivity contribution in [1.82, 2.24) is 0 Å². The summed E-state index contributed by atoms with van der Waals surface area (Å²) in [6, 6.07) is 2.08. The van der Waals surface area contributed by atoms with Crippen molar-refractivity contribution >= 4 is 0 Å². The van der Waals surface area contributed by atoms with Gasteiger partial charge in [-0.3, -0.25) is 0 Å². The van der Waals surface area contributed by atoms with Gasteiger partial charge in [-0.05, 0) is 73.5 Å². The molecule has 1 aromatic carbocycles. The standard InChI is InChI=1S/C19H24F4/c1-2-3-11-6-13-5-4-12(8-16(20)15(13)7-11)14-9-17(21)19(23)18(22)10-14/h9-13,15-16H,2-8H2,1H3. The number of halogens is 4. The first-order valence-corrected chi connectivity index (χ1v) is 8.78. The van der Waals surface area contributed by atoms with Gasteiger partial charge in [0.1, 0.15) is 6.17 Å². The van der Waals surface area contributed by atoms with Gasteiger partial charge in [-0.1, -0.05) is 19.8 Å².